The minimum absolute atomic E-state index is 0.0817. The SMILES string of the molecule is CC(=O)c1cccc(NC(=O)c2nc(C(=O)N3CCCCC3)c3ccccn23)c1. The van der Waals surface area contributed by atoms with E-state index in [-0.39, 0.29) is 23.2 Å². The maximum absolute atomic E-state index is 13.0. The fourth-order valence-corrected chi connectivity index (χ4v) is 3.61. The maximum atomic E-state index is 13.0. The number of carbonyl (C=O) groups excluding carboxylic acids is 3. The second-order valence-electron chi connectivity index (χ2n) is 7.18. The van der Waals surface area contributed by atoms with Gasteiger partial charge in [0.2, 0.25) is 5.82 Å². The van der Waals surface area contributed by atoms with Gasteiger partial charge in [-0.2, -0.15) is 0 Å². The highest BCUT2D eigenvalue weighted by atomic mass is 16.2. The van der Waals surface area contributed by atoms with E-state index in [1.165, 1.54) is 6.92 Å². The number of Topliss-reactive ketones (excluding diaryl/α,β-unsaturated/α-hetero) is 1. The van der Waals surface area contributed by atoms with Gasteiger partial charge in [-0.3, -0.25) is 18.8 Å². The van der Waals surface area contributed by atoms with Gasteiger partial charge in [0.1, 0.15) is 0 Å². The van der Waals surface area contributed by atoms with Crippen molar-refractivity contribution in [2.45, 2.75) is 26.2 Å². The predicted octanol–water partition coefficient (Wildman–Crippen LogP) is 3.42. The number of fused-ring (bicyclic) bond motifs is 1. The van der Waals surface area contributed by atoms with E-state index in [0.29, 0.717) is 29.9 Å². The van der Waals surface area contributed by atoms with Crippen LogP contribution in [0.4, 0.5) is 5.69 Å². The van der Waals surface area contributed by atoms with Crippen molar-refractivity contribution in [1.82, 2.24) is 14.3 Å². The van der Waals surface area contributed by atoms with Gasteiger partial charge < -0.3 is 10.2 Å². The van der Waals surface area contributed by atoms with Crippen molar-refractivity contribution < 1.29 is 14.4 Å². The molecule has 2 amide bonds. The van der Waals surface area contributed by atoms with Crippen LogP contribution in [0, 0.1) is 0 Å². The highest BCUT2D eigenvalue weighted by molar-refractivity contribution is 6.06. The van der Waals surface area contributed by atoms with Crippen molar-refractivity contribution in [3.63, 3.8) is 0 Å². The Hall–Kier alpha value is -3.48. The molecule has 3 heterocycles. The maximum Gasteiger partial charge on any atom is 0.292 e. The summed E-state index contributed by atoms with van der Waals surface area (Å²) in [6.07, 6.45) is 4.81. The van der Waals surface area contributed by atoms with Crippen molar-refractivity contribution in [1.29, 1.82) is 0 Å². The fourth-order valence-electron chi connectivity index (χ4n) is 3.61. The number of nitrogens with zero attached hydrogens (tertiary/aromatic N) is 3. The molecule has 1 fully saturated rings. The Labute approximate surface area is 168 Å². The van der Waals surface area contributed by atoms with E-state index in [2.05, 4.69) is 10.3 Å². The first kappa shape index (κ1) is 18.9. The number of ketones is 1. The number of hydrogen-bond donors (Lipinski definition) is 1. The van der Waals surface area contributed by atoms with E-state index in [4.69, 9.17) is 0 Å². The number of amides is 2. The standard InChI is InChI=1S/C22H22N4O3/c1-15(27)16-8-7-9-17(14-16)23-21(28)20-24-19(18-10-3-6-13-26(18)20)22(29)25-11-4-2-5-12-25/h3,6-10,13-14H,2,4-5,11-12H2,1H3,(H,23,28). The monoisotopic (exact) mass is 390 g/mol. The van der Waals surface area contributed by atoms with Crippen LogP contribution in [0.3, 0.4) is 0 Å². The van der Waals surface area contributed by atoms with Crippen molar-refractivity contribution in [2.75, 3.05) is 18.4 Å². The molecule has 1 aliphatic rings. The summed E-state index contributed by atoms with van der Waals surface area (Å²) in [7, 11) is 0. The van der Waals surface area contributed by atoms with E-state index < -0.39 is 5.91 Å². The quantitative estimate of drug-likeness (QED) is 0.692. The molecule has 3 aromatic rings. The number of pyridine rings is 1. The van der Waals surface area contributed by atoms with Crippen LogP contribution >= 0.6 is 0 Å². The van der Waals surface area contributed by atoms with Crippen molar-refractivity contribution >= 4 is 28.8 Å². The zero-order valence-electron chi connectivity index (χ0n) is 16.2. The Balaban J connectivity index is 1.67. The summed E-state index contributed by atoms with van der Waals surface area (Å²) >= 11 is 0. The largest absolute Gasteiger partial charge is 0.337 e. The average molecular weight is 390 g/mol. The molecule has 1 aliphatic heterocycles. The summed E-state index contributed by atoms with van der Waals surface area (Å²) in [5.74, 6) is -0.536. The third-order valence-electron chi connectivity index (χ3n) is 5.12. The fraction of sp³-hybridized carbons (Fsp3) is 0.273. The molecule has 148 valence electrons. The lowest BCUT2D eigenvalue weighted by atomic mass is 10.1. The van der Waals surface area contributed by atoms with Gasteiger partial charge >= 0.3 is 0 Å². The summed E-state index contributed by atoms with van der Waals surface area (Å²) in [6.45, 7) is 2.90. The van der Waals surface area contributed by atoms with E-state index in [1.54, 1.807) is 51.9 Å². The Kier molecular flexibility index (Phi) is 5.12. The van der Waals surface area contributed by atoms with Crippen molar-refractivity contribution in [2.24, 2.45) is 0 Å². The molecule has 4 rings (SSSR count). The second-order valence-corrected chi connectivity index (χ2v) is 7.18. The Morgan fingerprint density at radius 2 is 1.79 bits per heavy atom. The molecular weight excluding hydrogens is 368 g/mol. The van der Waals surface area contributed by atoms with E-state index >= 15 is 0 Å². The van der Waals surface area contributed by atoms with Crippen LogP contribution in [0.1, 0.15) is 57.7 Å². The average Bonchev–Trinajstić information content (AvgIpc) is 3.14. The van der Waals surface area contributed by atoms with Crippen LogP contribution in [0.2, 0.25) is 0 Å². The number of likely N-dealkylation sites (tertiary alicyclic amines) is 1. The summed E-state index contributed by atoms with van der Waals surface area (Å²) in [5, 5.41) is 2.78. The number of aromatic nitrogens is 2. The summed E-state index contributed by atoms with van der Waals surface area (Å²) in [6, 6.07) is 12.1. The molecule has 0 unspecified atom stereocenters. The van der Waals surface area contributed by atoms with Crippen molar-refractivity contribution in [3.8, 4) is 0 Å². The Bertz CT molecular complexity index is 1100. The summed E-state index contributed by atoms with van der Waals surface area (Å²) in [5.41, 5.74) is 1.90. The number of rotatable bonds is 4. The van der Waals surface area contributed by atoms with Crippen LogP contribution in [0.5, 0.6) is 0 Å². The predicted molar refractivity (Wildman–Crippen MR) is 109 cm³/mol. The molecule has 0 radical (unpaired) electrons. The smallest absolute Gasteiger partial charge is 0.292 e. The highest BCUT2D eigenvalue weighted by Gasteiger charge is 2.26. The van der Waals surface area contributed by atoms with Gasteiger partial charge in [0.05, 0.1) is 5.52 Å². The topological polar surface area (TPSA) is 83.8 Å². The molecule has 0 saturated carbocycles. The second kappa shape index (κ2) is 7.87. The van der Waals surface area contributed by atoms with Gasteiger partial charge in [0.15, 0.2) is 11.5 Å². The van der Waals surface area contributed by atoms with Crippen LogP contribution < -0.4 is 5.32 Å². The lowest BCUT2D eigenvalue weighted by molar-refractivity contribution is 0.0720. The minimum atomic E-state index is -0.440. The lowest BCUT2D eigenvalue weighted by Gasteiger charge is -2.25. The molecule has 0 aliphatic carbocycles. The van der Waals surface area contributed by atoms with Crippen LogP contribution in [-0.2, 0) is 0 Å². The van der Waals surface area contributed by atoms with E-state index in [0.717, 1.165) is 19.3 Å². The first-order valence-electron chi connectivity index (χ1n) is 9.73. The number of piperidine rings is 1. The highest BCUT2D eigenvalue weighted by Crippen LogP contribution is 2.19. The van der Waals surface area contributed by atoms with E-state index in [9.17, 15) is 14.4 Å². The summed E-state index contributed by atoms with van der Waals surface area (Å²) in [4.78, 5) is 43.7. The van der Waals surface area contributed by atoms with Gasteiger partial charge in [-0.15, -0.1) is 0 Å². The van der Waals surface area contributed by atoms with Crippen LogP contribution in [0.25, 0.3) is 5.52 Å². The van der Waals surface area contributed by atoms with Gasteiger partial charge in [0.25, 0.3) is 11.8 Å². The molecular formula is C22H22N4O3. The van der Waals surface area contributed by atoms with Crippen LogP contribution in [-0.4, -0.2) is 45.0 Å². The Morgan fingerprint density at radius 3 is 2.55 bits per heavy atom. The molecule has 1 saturated heterocycles. The number of hydrogen-bond acceptors (Lipinski definition) is 4. The number of imidazole rings is 1. The molecule has 0 atom stereocenters. The van der Waals surface area contributed by atoms with E-state index in [1.807, 2.05) is 6.07 Å². The molecule has 0 spiro atoms. The zero-order chi connectivity index (χ0) is 20.4. The molecule has 7 nitrogen and oxygen atoms in total. The van der Waals surface area contributed by atoms with Crippen LogP contribution in [0.15, 0.2) is 48.7 Å². The first-order chi connectivity index (χ1) is 14.0. The van der Waals surface area contributed by atoms with Gasteiger partial charge in [-0.1, -0.05) is 18.2 Å². The molecule has 1 aromatic carbocycles. The molecule has 29 heavy (non-hydrogen) atoms. The van der Waals surface area contributed by atoms with Gasteiger partial charge in [-0.25, -0.2) is 4.98 Å². The third kappa shape index (κ3) is 3.76. The zero-order valence-corrected chi connectivity index (χ0v) is 16.2. The number of carbonyl (C=O) groups is 3. The normalized spacial score (nSPS) is 14.0. The number of benzene rings is 1. The third-order valence-corrected chi connectivity index (χ3v) is 5.12. The molecule has 7 heteroatoms. The summed E-state index contributed by atoms with van der Waals surface area (Å²) < 4.78 is 1.63. The molecule has 2 aromatic heterocycles. The number of anilines is 1. The minimum Gasteiger partial charge on any atom is -0.337 e. The number of nitrogens with one attached hydrogen (secondary N) is 1. The van der Waals surface area contributed by atoms with Gasteiger partial charge in [0, 0.05) is 30.5 Å². The molecule has 0 bridgehead atoms. The first-order valence-corrected chi connectivity index (χ1v) is 9.73. The lowest BCUT2D eigenvalue weighted by Crippen LogP contribution is -2.36. The van der Waals surface area contributed by atoms with Gasteiger partial charge in [-0.05, 0) is 50.5 Å². The Morgan fingerprint density at radius 1 is 1.00 bits per heavy atom. The molecule has 1 N–H and O–H groups in total. The van der Waals surface area contributed by atoms with Crippen molar-refractivity contribution in [3.05, 3.63) is 65.7 Å².